The van der Waals surface area contributed by atoms with Gasteiger partial charge in [-0.15, -0.1) is 0 Å². The number of hydrogen-bond acceptors (Lipinski definition) is 7. The average molecular weight is 528 g/mol. The summed E-state index contributed by atoms with van der Waals surface area (Å²) in [6.07, 6.45) is 1.37. The number of aliphatic hydroxyl groups excluding tert-OH is 1. The SMILES string of the molecule is CCCCOC(O)CCOc1ccc(-c2nc(-c3cc(C)cc(C)c3)nc(-c3cc(C)cc(C)c3)n2)c(O)c1. The Morgan fingerprint density at radius 3 is 1.77 bits per heavy atom. The first-order valence-electron chi connectivity index (χ1n) is 13.4. The largest absolute Gasteiger partial charge is 0.507 e. The first-order valence-corrected chi connectivity index (χ1v) is 13.4. The molecular weight excluding hydrogens is 490 g/mol. The lowest BCUT2D eigenvalue weighted by Gasteiger charge is -2.14. The molecule has 4 rings (SSSR count). The van der Waals surface area contributed by atoms with Crippen LogP contribution in [0.15, 0.2) is 54.6 Å². The lowest BCUT2D eigenvalue weighted by atomic mass is 10.1. The Hall–Kier alpha value is -3.81. The Kier molecular flexibility index (Phi) is 9.28. The van der Waals surface area contributed by atoms with E-state index in [0.29, 0.717) is 41.8 Å². The van der Waals surface area contributed by atoms with Crippen LogP contribution in [0.1, 0.15) is 48.4 Å². The third-order valence-electron chi connectivity index (χ3n) is 6.25. The lowest BCUT2D eigenvalue weighted by Crippen LogP contribution is -2.16. The summed E-state index contributed by atoms with van der Waals surface area (Å²) in [5, 5.41) is 20.9. The Balaban J connectivity index is 1.65. The fourth-order valence-corrected chi connectivity index (χ4v) is 4.48. The number of aromatic hydroxyl groups is 1. The fourth-order valence-electron chi connectivity index (χ4n) is 4.48. The molecule has 0 radical (unpaired) electrons. The molecule has 1 heterocycles. The van der Waals surface area contributed by atoms with E-state index < -0.39 is 6.29 Å². The molecule has 7 heteroatoms. The van der Waals surface area contributed by atoms with Crippen LogP contribution in [0.25, 0.3) is 34.2 Å². The van der Waals surface area contributed by atoms with Crippen LogP contribution in [0.5, 0.6) is 11.5 Å². The predicted molar refractivity (Wildman–Crippen MR) is 154 cm³/mol. The first kappa shape index (κ1) is 28.2. The zero-order chi connectivity index (χ0) is 27.9. The maximum atomic E-state index is 10.9. The maximum Gasteiger partial charge on any atom is 0.167 e. The van der Waals surface area contributed by atoms with Gasteiger partial charge in [-0.3, -0.25) is 0 Å². The number of phenolic OH excluding ortho intramolecular Hbond substituents is 1. The van der Waals surface area contributed by atoms with Crippen LogP contribution >= 0.6 is 0 Å². The van der Waals surface area contributed by atoms with E-state index in [4.69, 9.17) is 24.4 Å². The van der Waals surface area contributed by atoms with E-state index in [0.717, 1.165) is 46.2 Å². The van der Waals surface area contributed by atoms with Crippen molar-refractivity contribution in [1.29, 1.82) is 0 Å². The highest BCUT2D eigenvalue weighted by atomic mass is 16.6. The highest BCUT2D eigenvalue weighted by molar-refractivity contribution is 5.71. The minimum Gasteiger partial charge on any atom is -0.507 e. The minimum atomic E-state index is -0.873. The Morgan fingerprint density at radius 1 is 0.718 bits per heavy atom. The summed E-state index contributed by atoms with van der Waals surface area (Å²) in [6.45, 7) is 11.0. The van der Waals surface area contributed by atoms with Crippen LogP contribution in [0.2, 0.25) is 0 Å². The van der Waals surface area contributed by atoms with Gasteiger partial charge in [0, 0.05) is 30.2 Å². The number of unbranched alkanes of at least 4 members (excludes halogenated alkanes) is 1. The molecule has 7 nitrogen and oxygen atoms in total. The number of rotatable bonds is 11. The van der Waals surface area contributed by atoms with Crippen LogP contribution < -0.4 is 4.74 Å². The van der Waals surface area contributed by atoms with Gasteiger partial charge in [0.1, 0.15) is 11.5 Å². The molecule has 0 fully saturated rings. The van der Waals surface area contributed by atoms with Crippen LogP contribution in [0, 0.1) is 27.7 Å². The summed E-state index contributed by atoms with van der Waals surface area (Å²) >= 11 is 0. The quantitative estimate of drug-likeness (QED) is 0.165. The van der Waals surface area contributed by atoms with Crippen molar-refractivity contribution in [2.24, 2.45) is 0 Å². The van der Waals surface area contributed by atoms with Crippen molar-refractivity contribution in [2.75, 3.05) is 13.2 Å². The van der Waals surface area contributed by atoms with Crippen LogP contribution in [-0.4, -0.2) is 44.7 Å². The second-order valence-corrected chi connectivity index (χ2v) is 10.1. The molecule has 2 N–H and O–H groups in total. The first-order chi connectivity index (χ1) is 18.7. The van der Waals surface area contributed by atoms with Crippen LogP contribution in [0.4, 0.5) is 0 Å². The molecule has 1 unspecified atom stereocenters. The molecule has 0 aliphatic carbocycles. The highest BCUT2D eigenvalue weighted by Gasteiger charge is 2.16. The number of aromatic nitrogens is 3. The van der Waals surface area contributed by atoms with E-state index in [1.807, 2.05) is 27.7 Å². The zero-order valence-corrected chi connectivity index (χ0v) is 23.4. The molecule has 0 saturated heterocycles. The summed E-state index contributed by atoms with van der Waals surface area (Å²) in [4.78, 5) is 14.4. The van der Waals surface area contributed by atoms with E-state index >= 15 is 0 Å². The molecule has 0 aliphatic heterocycles. The van der Waals surface area contributed by atoms with Crippen molar-refractivity contribution in [3.05, 3.63) is 76.9 Å². The van der Waals surface area contributed by atoms with Crippen molar-refractivity contribution in [3.63, 3.8) is 0 Å². The number of ether oxygens (including phenoxy) is 2. The van der Waals surface area contributed by atoms with Gasteiger partial charge in [-0.25, -0.2) is 15.0 Å². The van der Waals surface area contributed by atoms with Gasteiger partial charge in [0.05, 0.1) is 12.2 Å². The van der Waals surface area contributed by atoms with Gasteiger partial charge in [0.15, 0.2) is 23.8 Å². The summed E-state index contributed by atoms with van der Waals surface area (Å²) < 4.78 is 11.1. The Bertz CT molecular complexity index is 1330. The van der Waals surface area contributed by atoms with Crippen LogP contribution in [0.3, 0.4) is 0 Å². The van der Waals surface area contributed by atoms with Gasteiger partial charge in [0.25, 0.3) is 0 Å². The molecule has 0 amide bonds. The van der Waals surface area contributed by atoms with Gasteiger partial charge in [-0.05, 0) is 70.5 Å². The number of aryl methyl sites for hydroxylation is 4. The predicted octanol–water partition coefficient (Wildman–Crippen LogP) is 6.72. The summed E-state index contributed by atoms with van der Waals surface area (Å²) in [5.41, 5.74) is 6.72. The van der Waals surface area contributed by atoms with E-state index in [2.05, 4.69) is 43.3 Å². The zero-order valence-electron chi connectivity index (χ0n) is 23.4. The lowest BCUT2D eigenvalue weighted by molar-refractivity contribution is -0.108. The Morgan fingerprint density at radius 2 is 1.26 bits per heavy atom. The van der Waals surface area contributed by atoms with Crippen molar-refractivity contribution in [1.82, 2.24) is 15.0 Å². The Labute approximate surface area is 230 Å². The third-order valence-corrected chi connectivity index (χ3v) is 6.25. The summed E-state index contributed by atoms with van der Waals surface area (Å²) in [6, 6.07) is 17.5. The van der Waals surface area contributed by atoms with Crippen molar-refractivity contribution in [2.45, 2.75) is 60.2 Å². The molecule has 1 aromatic heterocycles. The molecule has 3 aromatic carbocycles. The minimum absolute atomic E-state index is 0.00353. The van der Waals surface area contributed by atoms with Gasteiger partial charge in [-0.2, -0.15) is 0 Å². The van der Waals surface area contributed by atoms with Crippen molar-refractivity contribution >= 4 is 0 Å². The highest BCUT2D eigenvalue weighted by Crippen LogP contribution is 2.33. The van der Waals surface area contributed by atoms with E-state index in [1.165, 1.54) is 6.07 Å². The molecular formula is C32H37N3O4. The second kappa shape index (κ2) is 12.8. The summed E-state index contributed by atoms with van der Waals surface area (Å²) in [7, 11) is 0. The smallest absolute Gasteiger partial charge is 0.167 e. The van der Waals surface area contributed by atoms with E-state index in [-0.39, 0.29) is 12.4 Å². The van der Waals surface area contributed by atoms with E-state index in [9.17, 15) is 10.2 Å². The molecule has 1 atom stereocenters. The topological polar surface area (TPSA) is 97.6 Å². The van der Waals surface area contributed by atoms with Gasteiger partial charge >= 0.3 is 0 Å². The number of nitrogens with zero attached hydrogens (tertiary/aromatic N) is 3. The molecule has 0 spiro atoms. The average Bonchev–Trinajstić information content (AvgIpc) is 2.87. The number of phenols is 1. The number of aliphatic hydroxyl groups is 1. The standard InChI is InChI=1S/C32H37N3O4/c1-6-7-11-39-29(37)10-12-38-26-8-9-27(28(36)19-26)32-34-30(24-15-20(2)13-21(3)16-24)33-31(35-32)25-17-22(4)14-23(5)18-25/h8-9,13-19,29,36-37H,6-7,10-12H2,1-5H3. The van der Waals surface area contributed by atoms with Gasteiger partial charge < -0.3 is 19.7 Å². The van der Waals surface area contributed by atoms with E-state index in [1.54, 1.807) is 12.1 Å². The molecule has 0 bridgehead atoms. The monoisotopic (exact) mass is 527 g/mol. The maximum absolute atomic E-state index is 10.9. The number of hydrogen-bond donors (Lipinski definition) is 2. The van der Waals surface area contributed by atoms with Crippen LogP contribution in [-0.2, 0) is 4.74 Å². The molecule has 0 saturated carbocycles. The number of benzene rings is 3. The second-order valence-electron chi connectivity index (χ2n) is 10.1. The van der Waals surface area contributed by atoms with Crippen molar-refractivity contribution in [3.8, 4) is 45.7 Å². The normalized spacial score (nSPS) is 11.9. The molecule has 4 aromatic rings. The molecule has 204 valence electrons. The third kappa shape index (κ3) is 7.62. The molecule has 0 aliphatic rings. The fraction of sp³-hybridized carbons (Fsp3) is 0.344. The molecule has 39 heavy (non-hydrogen) atoms. The van der Waals surface area contributed by atoms with Gasteiger partial charge in [0.2, 0.25) is 0 Å². The van der Waals surface area contributed by atoms with Crippen molar-refractivity contribution < 1.29 is 19.7 Å². The summed E-state index contributed by atoms with van der Waals surface area (Å²) in [5.74, 6) is 1.93. The van der Waals surface area contributed by atoms with Gasteiger partial charge in [-0.1, -0.05) is 47.7 Å².